The van der Waals surface area contributed by atoms with E-state index in [9.17, 15) is 26.7 Å². The van der Waals surface area contributed by atoms with Gasteiger partial charge in [-0.05, 0) is 28.0 Å². The Hall–Kier alpha value is -1.71. The Bertz CT molecular complexity index is 1260. The predicted octanol–water partition coefficient (Wildman–Crippen LogP) is 5.73. The van der Waals surface area contributed by atoms with E-state index >= 15 is 0 Å². The molecule has 0 fully saturated rings. The highest BCUT2D eigenvalue weighted by atomic mass is 32.2. The molecule has 0 aliphatic heterocycles. The lowest BCUT2D eigenvalue weighted by Gasteiger charge is -2.18. The van der Waals surface area contributed by atoms with Crippen LogP contribution in [0, 0.1) is 0 Å². The molecule has 3 aromatic carbocycles. The SMILES string of the molecule is O=P(O)(O)C(F)(F)c1ccc(CSCc2ccc3ccc(C(F)(F)P(=O)(O)O)cc3c2)cc1. The maximum absolute atomic E-state index is 14.0. The maximum Gasteiger partial charge on any atom is 0.399 e. The molecule has 13 heteroatoms. The number of rotatable bonds is 8. The fourth-order valence-corrected chi connectivity index (χ4v) is 4.90. The van der Waals surface area contributed by atoms with Crippen LogP contribution >= 0.6 is 27.0 Å². The van der Waals surface area contributed by atoms with Crippen LogP contribution < -0.4 is 0 Å². The maximum atomic E-state index is 14.0. The van der Waals surface area contributed by atoms with Gasteiger partial charge in [0.25, 0.3) is 0 Å². The molecule has 0 heterocycles. The van der Waals surface area contributed by atoms with Gasteiger partial charge in [0.05, 0.1) is 0 Å². The summed E-state index contributed by atoms with van der Waals surface area (Å²) in [5, 5.41) is 0.985. The molecule has 0 aliphatic rings. The molecule has 0 unspecified atom stereocenters. The van der Waals surface area contributed by atoms with E-state index in [2.05, 4.69) is 0 Å². The standard InChI is InChI=1S/C20H18F4O6P2S/c21-19(22,31(25,26)27)17-6-2-13(3-7-17)11-33-12-14-1-4-15-5-8-18(10-16(15)9-14)20(23,24)32(28,29)30/h1-10H,11-12H2,(H2,25,26,27)(H2,28,29,30). The topological polar surface area (TPSA) is 115 Å². The Balaban J connectivity index is 1.70. The molecule has 33 heavy (non-hydrogen) atoms. The zero-order valence-corrected chi connectivity index (χ0v) is 19.2. The lowest BCUT2D eigenvalue weighted by Crippen LogP contribution is -2.13. The third-order valence-corrected chi connectivity index (χ3v) is 7.88. The highest BCUT2D eigenvalue weighted by molar-refractivity contribution is 7.97. The molecular formula is C20H18F4O6P2S. The van der Waals surface area contributed by atoms with Crippen molar-refractivity contribution in [3.05, 3.63) is 82.9 Å². The van der Waals surface area contributed by atoms with E-state index in [-0.39, 0.29) is 0 Å². The van der Waals surface area contributed by atoms with Gasteiger partial charge in [-0.25, -0.2) is 0 Å². The average Bonchev–Trinajstić information content (AvgIpc) is 2.72. The summed E-state index contributed by atoms with van der Waals surface area (Å²) in [5.74, 6) is 0.811. The van der Waals surface area contributed by atoms with Gasteiger partial charge in [-0.3, -0.25) is 9.13 Å². The van der Waals surface area contributed by atoms with Crippen LogP contribution in [-0.2, 0) is 32.0 Å². The van der Waals surface area contributed by atoms with Crippen molar-refractivity contribution in [2.24, 2.45) is 0 Å². The van der Waals surface area contributed by atoms with E-state index in [0.29, 0.717) is 27.8 Å². The fraction of sp³-hybridized carbons (Fsp3) is 0.200. The van der Waals surface area contributed by atoms with Crippen LogP contribution in [0.1, 0.15) is 22.3 Å². The Labute approximate surface area is 190 Å². The van der Waals surface area contributed by atoms with Crippen molar-refractivity contribution in [2.75, 3.05) is 0 Å². The van der Waals surface area contributed by atoms with Gasteiger partial charge in [-0.15, -0.1) is 0 Å². The van der Waals surface area contributed by atoms with Crippen LogP contribution in [0.25, 0.3) is 10.8 Å². The first kappa shape index (κ1) is 25.9. The summed E-state index contributed by atoms with van der Waals surface area (Å²) in [6.07, 6.45) is 0. The summed E-state index contributed by atoms with van der Waals surface area (Å²) in [4.78, 5) is 35.4. The molecule has 0 radical (unpaired) electrons. The first-order valence-electron chi connectivity index (χ1n) is 9.20. The predicted molar refractivity (Wildman–Crippen MR) is 117 cm³/mol. The van der Waals surface area contributed by atoms with E-state index in [0.717, 1.165) is 29.8 Å². The third-order valence-electron chi connectivity index (χ3n) is 4.82. The van der Waals surface area contributed by atoms with E-state index in [1.54, 1.807) is 18.2 Å². The van der Waals surface area contributed by atoms with Gasteiger partial charge in [-0.2, -0.15) is 29.3 Å². The minimum absolute atomic E-state index is 0.378. The highest BCUT2D eigenvalue weighted by Gasteiger charge is 2.51. The van der Waals surface area contributed by atoms with Gasteiger partial charge in [0.1, 0.15) is 0 Å². The van der Waals surface area contributed by atoms with Gasteiger partial charge in [0, 0.05) is 22.6 Å². The van der Waals surface area contributed by atoms with Crippen molar-refractivity contribution in [1.29, 1.82) is 0 Å². The molecule has 178 valence electrons. The van der Waals surface area contributed by atoms with Crippen molar-refractivity contribution >= 4 is 37.7 Å². The third kappa shape index (κ3) is 5.52. The van der Waals surface area contributed by atoms with Crippen molar-refractivity contribution < 1.29 is 46.3 Å². The number of halogens is 4. The molecule has 0 saturated carbocycles. The minimum atomic E-state index is -5.68. The van der Waals surface area contributed by atoms with E-state index < -0.39 is 37.6 Å². The molecule has 0 amide bonds. The summed E-state index contributed by atoms with van der Waals surface area (Å²) in [7, 11) is -11.3. The Kier molecular flexibility index (Phi) is 7.18. The molecule has 0 spiro atoms. The second kappa shape index (κ2) is 9.15. The van der Waals surface area contributed by atoms with Crippen molar-refractivity contribution in [3.63, 3.8) is 0 Å². The van der Waals surface area contributed by atoms with Gasteiger partial charge < -0.3 is 19.6 Å². The number of hydrogen-bond acceptors (Lipinski definition) is 3. The number of alkyl halides is 4. The largest absolute Gasteiger partial charge is 0.399 e. The summed E-state index contributed by atoms with van der Waals surface area (Å²) in [6.45, 7) is 0. The van der Waals surface area contributed by atoms with Gasteiger partial charge >= 0.3 is 26.5 Å². The summed E-state index contributed by atoms with van der Waals surface area (Å²) in [5.41, 5.74) is -8.79. The zero-order valence-electron chi connectivity index (χ0n) is 16.6. The van der Waals surface area contributed by atoms with Crippen molar-refractivity contribution in [2.45, 2.75) is 22.8 Å². The Morgan fingerprint density at radius 3 is 1.67 bits per heavy atom. The van der Waals surface area contributed by atoms with Crippen LogP contribution in [-0.4, -0.2) is 19.6 Å². The summed E-state index contributed by atoms with van der Waals surface area (Å²) in [6, 6.07) is 13.0. The first-order valence-corrected chi connectivity index (χ1v) is 13.6. The Morgan fingerprint density at radius 1 is 0.636 bits per heavy atom. The van der Waals surface area contributed by atoms with Crippen molar-refractivity contribution in [3.8, 4) is 0 Å². The normalized spacial score (nSPS) is 13.5. The summed E-state index contributed by atoms with van der Waals surface area (Å²) >= 11 is 1.39. The number of fused-ring (bicyclic) bond motifs is 1. The molecular weight excluding hydrogens is 506 g/mol. The smallest absolute Gasteiger partial charge is 0.320 e. The quantitative estimate of drug-likeness (QED) is 0.220. The van der Waals surface area contributed by atoms with Gasteiger partial charge in [-0.1, -0.05) is 54.6 Å². The van der Waals surface area contributed by atoms with Crippen LogP contribution in [0.15, 0.2) is 60.7 Å². The Morgan fingerprint density at radius 2 is 1.09 bits per heavy atom. The van der Waals surface area contributed by atoms with Crippen LogP contribution in [0.3, 0.4) is 0 Å². The lowest BCUT2D eigenvalue weighted by atomic mass is 10.0. The number of thioether (sulfide) groups is 1. The van der Waals surface area contributed by atoms with Crippen molar-refractivity contribution in [1.82, 2.24) is 0 Å². The molecule has 0 bridgehead atoms. The molecule has 0 aromatic heterocycles. The highest BCUT2D eigenvalue weighted by Crippen LogP contribution is 2.60. The summed E-state index contributed by atoms with van der Waals surface area (Å²) < 4.78 is 77.5. The molecule has 6 nitrogen and oxygen atoms in total. The van der Waals surface area contributed by atoms with Gasteiger partial charge in [0.15, 0.2) is 0 Å². The average molecular weight is 524 g/mol. The number of benzene rings is 3. The molecule has 3 aromatic rings. The molecule has 4 N–H and O–H groups in total. The van der Waals surface area contributed by atoms with Crippen LogP contribution in [0.4, 0.5) is 17.6 Å². The fourth-order valence-electron chi connectivity index (χ4n) is 3.00. The molecule has 0 aliphatic carbocycles. The van der Waals surface area contributed by atoms with Crippen LogP contribution in [0.5, 0.6) is 0 Å². The second-order valence-electron chi connectivity index (χ2n) is 7.26. The second-order valence-corrected chi connectivity index (χ2v) is 11.5. The number of hydrogen-bond donors (Lipinski definition) is 4. The van der Waals surface area contributed by atoms with Gasteiger partial charge in [0.2, 0.25) is 0 Å². The monoisotopic (exact) mass is 524 g/mol. The zero-order chi connectivity index (χ0) is 24.7. The van der Waals surface area contributed by atoms with E-state index in [1.807, 2.05) is 0 Å². The molecule has 3 rings (SSSR count). The van der Waals surface area contributed by atoms with E-state index in [4.69, 9.17) is 19.6 Å². The van der Waals surface area contributed by atoms with E-state index in [1.165, 1.54) is 30.0 Å². The lowest BCUT2D eigenvalue weighted by molar-refractivity contribution is 0.0564. The molecule has 0 atom stereocenters. The van der Waals surface area contributed by atoms with Crippen LogP contribution in [0.2, 0.25) is 0 Å². The first-order chi connectivity index (χ1) is 15.1. The minimum Gasteiger partial charge on any atom is -0.320 e. The molecule has 0 saturated heterocycles.